The molecule has 3 heterocycles. The first-order chi connectivity index (χ1) is 18.9. The van der Waals surface area contributed by atoms with Crippen molar-refractivity contribution in [1.82, 2.24) is 25.1 Å². The van der Waals surface area contributed by atoms with Gasteiger partial charge < -0.3 is 26.0 Å². The summed E-state index contributed by atoms with van der Waals surface area (Å²) in [4.78, 5) is 31.7. The van der Waals surface area contributed by atoms with Crippen LogP contribution in [0.3, 0.4) is 0 Å². The second-order valence-corrected chi connectivity index (χ2v) is 11.5. The van der Waals surface area contributed by atoms with E-state index < -0.39 is 40.3 Å². The number of aryl methyl sites for hydroxylation is 1. The maximum atomic E-state index is 14.0. The zero-order chi connectivity index (χ0) is 29.4. The number of carbonyl (C=O) groups is 1. The van der Waals surface area contributed by atoms with Gasteiger partial charge in [-0.1, -0.05) is 11.6 Å². The number of ether oxygens (including phenoxy) is 1. The van der Waals surface area contributed by atoms with Crippen molar-refractivity contribution in [2.24, 2.45) is 11.7 Å². The van der Waals surface area contributed by atoms with Crippen molar-refractivity contribution in [2.45, 2.75) is 41.8 Å². The number of allylic oxidation sites excluding steroid dienone is 1. The number of halogens is 4. The van der Waals surface area contributed by atoms with Crippen molar-refractivity contribution in [3.05, 3.63) is 75.7 Å². The summed E-state index contributed by atoms with van der Waals surface area (Å²) in [5.41, 5.74) is 6.01. The molecule has 1 aliphatic heterocycles. The Balaban J connectivity index is 1.73. The SMILES string of the molecule is CNC(SC(N)NC(=O)c1cnc(-n2ccc(C)cc2=O)cc1C1=CC(C(F)F)N(C)C=C1OC)C1CC1(F)Cl. The Morgan fingerprint density at radius 1 is 1.38 bits per heavy atom. The number of nitrogens with two attached hydrogens (primary N) is 1. The molecular formula is C26H30ClF3N6O3S. The topological polar surface area (TPSA) is 115 Å². The molecule has 216 valence electrons. The summed E-state index contributed by atoms with van der Waals surface area (Å²) in [5, 5.41) is 3.31. The second-order valence-electron chi connectivity index (χ2n) is 9.58. The van der Waals surface area contributed by atoms with Gasteiger partial charge in [0.25, 0.3) is 17.9 Å². The number of nitrogens with zero attached hydrogens (tertiary/aromatic N) is 3. The fourth-order valence-corrected chi connectivity index (χ4v) is 5.92. The Bertz CT molecular complexity index is 1400. The van der Waals surface area contributed by atoms with Gasteiger partial charge in [0.05, 0.1) is 18.0 Å². The van der Waals surface area contributed by atoms with Crippen LogP contribution in [0.1, 0.15) is 27.9 Å². The summed E-state index contributed by atoms with van der Waals surface area (Å²) in [7, 11) is 4.50. The Morgan fingerprint density at radius 2 is 2.08 bits per heavy atom. The Hall–Kier alpha value is -3.00. The second kappa shape index (κ2) is 11.9. The average molecular weight is 599 g/mol. The number of thioether (sulfide) groups is 1. The molecule has 5 atom stereocenters. The summed E-state index contributed by atoms with van der Waals surface area (Å²) in [6.07, 6.45) is 2.92. The molecule has 14 heteroatoms. The highest BCUT2D eigenvalue weighted by Gasteiger charge is 2.58. The molecule has 0 bridgehead atoms. The van der Waals surface area contributed by atoms with Crippen molar-refractivity contribution in [3.63, 3.8) is 0 Å². The van der Waals surface area contributed by atoms with E-state index in [0.29, 0.717) is 0 Å². The first kappa shape index (κ1) is 30.0. The zero-order valence-corrected chi connectivity index (χ0v) is 23.8. The molecule has 1 fully saturated rings. The van der Waals surface area contributed by atoms with Crippen LogP contribution in [0.5, 0.6) is 0 Å². The highest BCUT2D eigenvalue weighted by atomic mass is 35.5. The third-order valence-electron chi connectivity index (χ3n) is 6.71. The number of hydrogen-bond donors (Lipinski definition) is 3. The first-order valence-corrected chi connectivity index (χ1v) is 13.6. The van der Waals surface area contributed by atoms with Crippen LogP contribution in [0.4, 0.5) is 13.2 Å². The van der Waals surface area contributed by atoms with Crippen LogP contribution < -0.4 is 21.9 Å². The Kier molecular flexibility index (Phi) is 8.88. The van der Waals surface area contributed by atoms with Crippen molar-refractivity contribution in [3.8, 4) is 5.82 Å². The lowest BCUT2D eigenvalue weighted by atomic mass is 9.95. The van der Waals surface area contributed by atoms with Crippen molar-refractivity contribution in [1.29, 1.82) is 0 Å². The Labute approximate surface area is 238 Å². The van der Waals surface area contributed by atoms with Crippen LogP contribution in [0, 0.1) is 12.8 Å². The number of amides is 1. The molecule has 1 saturated carbocycles. The van der Waals surface area contributed by atoms with Gasteiger partial charge in [-0.05, 0) is 37.7 Å². The molecule has 1 amide bonds. The van der Waals surface area contributed by atoms with Gasteiger partial charge in [-0.3, -0.25) is 14.2 Å². The van der Waals surface area contributed by atoms with Gasteiger partial charge in [0.15, 0.2) is 5.13 Å². The molecule has 40 heavy (non-hydrogen) atoms. The van der Waals surface area contributed by atoms with Gasteiger partial charge in [-0.2, -0.15) is 0 Å². The number of likely N-dealkylation sites (N-methyl/N-ethyl adjacent to an activating group) is 1. The Morgan fingerprint density at radius 3 is 2.65 bits per heavy atom. The predicted octanol–water partition coefficient (Wildman–Crippen LogP) is 3.17. The highest BCUT2D eigenvalue weighted by molar-refractivity contribution is 8.00. The minimum Gasteiger partial charge on any atom is -0.495 e. The number of hydrogen-bond acceptors (Lipinski definition) is 8. The van der Waals surface area contributed by atoms with Crippen LogP contribution in [0.25, 0.3) is 11.4 Å². The van der Waals surface area contributed by atoms with E-state index in [-0.39, 0.29) is 40.3 Å². The molecule has 1 aliphatic carbocycles. The smallest absolute Gasteiger partial charge is 0.262 e. The maximum absolute atomic E-state index is 14.0. The van der Waals surface area contributed by atoms with E-state index in [9.17, 15) is 22.8 Å². The number of pyridine rings is 2. The molecule has 0 spiro atoms. The fourth-order valence-electron chi connectivity index (χ4n) is 4.42. The van der Waals surface area contributed by atoms with E-state index in [1.165, 1.54) is 60.4 Å². The highest BCUT2D eigenvalue weighted by Crippen LogP contribution is 2.54. The third-order valence-corrected chi connectivity index (χ3v) is 8.41. The monoisotopic (exact) mass is 598 g/mol. The van der Waals surface area contributed by atoms with E-state index in [1.807, 2.05) is 0 Å². The van der Waals surface area contributed by atoms with Gasteiger partial charge in [-0.15, -0.1) is 11.8 Å². The summed E-state index contributed by atoms with van der Waals surface area (Å²) in [6.45, 7) is 1.77. The summed E-state index contributed by atoms with van der Waals surface area (Å²) < 4.78 is 48.5. The van der Waals surface area contributed by atoms with Gasteiger partial charge >= 0.3 is 0 Å². The van der Waals surface area contributed by atoms with Crippen molar-refractivity contribution < 1.29 is 22.7 Å². The molecular weight excluding hydrogens is 569 g/mol. The van der Waals surface area contributed by atoms with Gasteiger partial charge in [0.1, 0.15) is 23.1 Å². The molecule has 4 rings (SSSR count). The summed E-state index contributed by atoms with van der Waals surface area (Å²) >= 11 is 6.85. The van der Waals surface area contributed by atoms with Crippen LogP contribution >= 0.6 is 23.4 Å². The van der Waals surface area contributed by atoms with Gasteiger partial charge in [0, 0.05) is 55.2 Å². The largest absolute Gasteiger partial charge is 0.495 e. The number of methoxy groups -OCH3 is 1. The third kappa shape index (κ3) is 6.32. The predicted molar refractivity (Wildman–Crippen MR) is 149 cm³/mol. The van der Waals surface area contributed by atoms with E-state index in [1.54, 1.807) is 20.0 Å². The van der Waals surface area contributed by atoms with E-state index in [4.69, 9.17) is 22.1 Å². The van der Waals surface area contributed by atoms with Gasteiger partial charge in [0.2, 0.25) is 0 Å². The molecule has 2 aliphatic rings. The number of rotatable bonds is 10. The maximum Gasteiger partial charge on any atom is 0.262 e. The minimum absolute atomic E-state index is 0.0105. The zero-order valence-electron chi connectivity index (χ0n) is 22.2. The molecule has 5 unspecified atom stereocenters. The number of alkyl halides is 4. The van der Waals surface area contributed by atoms with Crippen LogP contribution in [-0.4, -0.2) is 70.0 Å². The summed E-state index contributed by atoms with van der Waals surface area (Å²) in [6, 6.07) is 3.30. The number of aromatic nitrogens is 2. The fraction of sp³-hybridized carbons (Fsp3) is 0.423. The molecule has 0 saturated heterocycles. The molecule has 0 radical (unpaired) electrons. The normalized spacial score (nSPS) is 23.8. The summed E-state index contributed by atoms with van der Waals surface area (Å²) in [5.74, 6) is -0.742. The van der Waals surface area contributed by atoms with Crippen LogP contribution in [0.15, 0.2) is 53.4 Å². The molecule has 2 aromatic heterocycles. The average Bonchev–Trinajstić information content (AvgIpc) is 3.53. The molecule has 9 nitrogen and oxygen atoms in total. The van der Waals surface area contributed by atoms with Crippen LogP contribution in [0.2, 0.25) is 0 Å². The van der Waals surface area contributed by atoms with E-state index in [2.05, 4.69) is 15.6 Å². The lowest BCUT2D eigenvalue weighted by Gasteiger charge is -2.30. The number of carbonyl (C=O) groups excluding carboxylic acids is 1. The molecule has 4 N–H and O–H groups in total. The standard InChI is InChI=1S/C26H30ClF3N6O3S/c1-13-5-6-36(21(37)7-13)20-9-14(15-8-18(22(28)29)35(3)12-19(15)39-4)16(11-33-20)23(38)34-25(31)40-24(32-2)17-10-26(17,27)30/h5-9,11-12,17-18,22,24-25,32H,10,31H2,1-4H3,(H,34,38). The van der Waals surface area contributed by atoms with E-state index >= 15 is 0 Å². The van der Waals surface area contributed by atoms with Crippen molar-refractivity contribution in [2.75, 3.05) is 21.2 Å². The number of nitrogens with one attached hydrogen (secondary N) is 2. The van der Waals surface area contributed by atoms with Gasteiger partial charge in [-0.25, -0.2) is 18.2 Å². The molecule has 2 aromatic rings. The van der Waals surface area contributed by atoms with E-state index in [0.717, 1.165) is 17.3 Å². The lowest BCUT2D eigenvalue weighted by molar-refractivity contribution is 0.0780. The first-order valence-electron chi connectivity index (χ1n) is 12.3. The van der Waals surface area contributed by atoms with Crippen LogP contribution in [-0.2, 0) is 4.74 Å². The molecule has 0 aromatic carbocycles. The quantitative estimate of drug-likeness (QED) is 0.282. The minimum atomic E-state index is -2.73. The van der Waals surface area contributed by atoms with Crippen molar-refractivity contribution >= 4 is 34.8 Å². The lowest BCUT2D eigenvalue weighted by Crippen LogP contribution is -2.43.